The van der Waals surface area contributed by atoms with Gasteiger partial charge in [0.1, 0.15) is 5.82 Å². The van der Waals surface area contributed by atoms with Gasteiger partial charge in [-0.3, -0.25) is 0 Å². The van der Waals surface area contributed by atoms with Crippen LogP contribution in [0.15, 0.2) is 12.1 Å². The molecule has 0 saturated carbocycles. The highest BCUT2D eigenvalue weighted by Gasteiger charge is 2.21. The maximum absolute atomic E-state index is 11.2. The second-order valence-electron chi connectivity index (χ2n) is 5.34. The van der Waals surface area contributed by atoms with E-state index in [1.54, 1.807) is 12.1 Å². The van der Waals surface area contributed by atoms with Crippen molar-refractivity contribution in [1.29, 1.82) is 0 Å². The zero-order valence-corrected chi connectivity index (χ0v) is 11.3. The van der Waals surface area contributed by atoms with Gasteiger partial charge in [0.2, 0.25) is 0 Å². The van der Waals surface area contributed by atoms with Gasteiger partial charge in [-0.15, -0.1) is 0 Å². The van der Waals surface area contributed by atoms with Gasteiger partial charge in [0.05, 0.1) is 11.7 Å². The fourth-order valence-electron chi connectivity index (χ4n) is 2.28. The number of hydrogen-bond donors (Lipinski definition) is 2. The Bertz CT molecular complexity index is 474. The summed E-state index contributed by atoms with van der Waals surface area (Å²) in [4.78, 5) is 17.7. The summed E-state index contributed by atoms with van der Waals surface area (Å²) >= 11 is 0. The van der Waals surface area contributed by atoms with E-state index in [9.17, 15) is 15.0 Å². The van der Waals surface area contributed by atoms with E-state index < -0.39 is 5.97 Å². The lowest BCUT2D eigenvalue weighted by molar-refractivity contribution is 0.0696. The molecule has 0 aromatic carbocycles. The first-order chi connectivity index (χ1) is 8.97. The molecule has 1 aliphatic heterocycles. The summed E-state index contributed by atoms with van der Waals surface area (Å²) in [6, 6.07) is 3.21. The minimum absolute atomic E-state index is 0.174. The molecule has 2 N–H and O–H groups in total. The summed E-state index contributed by atoms with van der Waals surface area (Å²) in [6.45, 7) is 5.31. The molecule has 5 heteroatoms. The van der Waals surface area contributed by atoms with Crippen LogP contribution < -0.4 is 4.90 Å². The molecule has 0 bridgehead atoms. The number of aromatic nitrogens is 1. The van der Waals surface area contributed by atoms with Crippen LogP contribution in [-0.4, -0.2) is 40.4 Å². The fraction of sp³-hybridized carbons (Fsp3) is 0.571. The molecule has 1 fully saturated rings. The molecule has 19 heavy (non-hydrogen) atoms. The van der Waals surface area contributed by atoms with E-state index in [1.807, 2.05) is 18.7 Å². The Hall–Kier alpha value is -1.62. The predicted octanol–water partition coefficient (Wildman–Crippen LogP) is 1.86. The third kappa shape index (κ3) is 3.23. The van der Waals surface area contributed by atoms with E-state index in [0.717, 1.165) is 25.1 Å². The lowest BCUT2D eigenvalue weighted by Crippen LogP contribution is -2.38. The summed E-state index contributed by atoms with van der Waals surface area (Å²) in [5, 5.41) is 18.9. The van der Waals surface area contributed by atoms with Gasteiger partial charge in [-0.1, -0.05) is 13.8 Å². The zero-order chi connectivity index (χ0) is 14.0. The summed E-state index contributed by atoms with van der Waals surface area (Å²) in [5.74, 6) is -0.113. The molecule has 1 aliphatic rings. The van der Waals surface area contributed by atoms with Gasteiger partial charge in [0.15, 0.2) is 0 Å². The van der Waals surface area contributed by atoms with Crippen molar-refractivity contribution in [2.45, 2.75) is 38.7 Å². The highest BCUT2D eigenvalue weighted by molar-refractivity contribution is 5.88. The van der Waals surface area contributed by atoms with Crippen molar-refractivity contribution in [2.75, 3.05) is 18.0 Å². The van der Waals surface area contributed by atoms with Gasteiger partial charge in [0.25, 0.3) is 0 Å². The van der Waals surface area contributed by atoms with Crippen LogP contribution in [0.2, 0.25) is 0 Å². The highest BCUT2D eigenvalue weighted by atomic mass is 16.4. The van der Waals surface area contributed by atoms with Gasteiger partial charge in [0, 0.05) is 18.8 Å². The number of hydrogen-bond acceptors (Lipinski definition) is 4. The Morgan fingerprint density at radius 3 is 2.79 bits per heavy atom. The van der Waals surface area contributed by atoms with Crippen LogP contribution in [0.5, 0.6) is 0 Å². The van der Waals surface area contributed by atoms with E-state index in [-0.39, 0.29) is 17.6 Å². The SMILES string of the molecule is CC(C)c1cc(C(=O)O)cc(N2CCCC(O)C2)n1. The molecule has 1 aromatic rings. The van der Waals surface area contributed by atoms with Crippen LogP contribution in [0.4, 0.5) is 5.82 Å². The van der Waals surface area contributed by atoms with E-state index in [4.69, 9.17) is 0 Å². The number of anilines is 1. The lowest BCUT2D eigenvalue weighted by atomic mass is 10.1. The van der Waals surface area contributed by atoms with Crippen molar-refractivity contribution in [2.24, 2.45) is 0 Å². The highest BCUT2D eigenvalue weighted by Crippen LogP contribution is 2.23. The largest absolute Gasteiger partial charge is 0.478 e. The molecule has 5 nitrogen and oxygen atoms in total. The van der Waals surface area contributed by atoms with Gasteiger partial charge in [-0.2, -0.15) is 0 Å². The first-order valence-corrected chi connectivity index (χ1v) is 6.65. The maximum Gasteiger partial charge on any atom is 0.335 e. The quantitative estimate of drug-likeness (QED) is 0.871. The second-order valence-corrected chi connectivity index (χ2v) is 5.34. The first-order valence-electron chi connectivity index (χ1n) is 6.65. The number of aliphatic hydroxyl groups is 1. The Kier molecular flexibility index (Phi) is 4.04. The molecule has 1 saturated heterocycles. The van der Waals surface area contributed by atoms with Crippen LogP contribution in [0.25, 0.3) is 0 Å². The predicted molar refractivity (Wildman–Crippen MR) is 72.7 cm³/mol. The van der Waals surface area contributed by atoms with E-state index in [2.05, 4.69) is 4.98 Å². The summed E-state index contributed by atoms with van der Waals surface area (Å²) in [7, 11) is 0. The van der Waals surface area contributed by atoms with Crippen LogP contribution in [0.1, 0.15) is 48.7 Å². The molecule has 0 aliphatic carbocycles. The van der Waals surface area contributed by atoms with Crippen LogP contribution >= 0.6 is 0 Å². The molecule has 1 aromatic heterocycles. The fourth-order valence-corrected chi connectivity index (χ4v) is 2.28. The number of nitrogens with zero attached hydrogens (tertiary/aromatic N) is 2. The molecule has 1 unspecified atom stereocenters. The molecule has 2 heterocycles. The third-order valence-electron chi connectivity index (χ3n) is 3.39. The first kappa shape index (κ1) is 13.8. The van der Waals surface area contributed by atoms with Crippen LogP contribution in [0.3, 0.4) is 0 Å². The second kappa shape index (κ2) is 5.57. The molecule has 0 amide bonds. The number of piperidine rings is 1. The van der Waals surface area contributed by atoms with Crippen LogP contribution in [0, 0.1) is 0 Å². The molecule has 2 rings (SSSR count). The smallest absolute Gasteiger partial charge is 0.335 e. The van der Waals surface area contributed by atoms with Gasteiger partial charge in [-0.25, -0.2) is 9.78 Å². The van der Waals surface area contributed by atoms with Crippen molar-refractivity contribution >= 4 is 11.8 Å². The van der Waals surface area contributed by atoms with Crippen molar-refractivity contribution in [1.82, 2.24) is 4.98 Å². The van der Waals surface area contributed by atoms with Crippen LogP contribution in [-0.2, 0) is 0 Å². The van der Waals surface area contributed by atoms with E-state index in [0.29, 0.717) is 12.4 Å². The number of pyridine rings is 1. The maximum atomic E-state index is 11.2. The number of carboxylic acids is 1. The minimum atomic E-state index is -0.942. The number of carbonyl (C=O) groups is 1. The monoisotopic (exact) mass is 264 g/mol. The van der Waals surface area contributed by atoms with Gasteiger partial charge < -0.3 is 15.1 Å². The molecule has 1 atom stereocenters. The van der Waals surface area contributed by atoms with E-state index in [1.165, 1.54) is 0 Å². The van der Waals surface area contributed by atoms with Crippen molar-refractivity contribution < 1.29 is 15.0 Å². The molecule has 0 radical (unpaired) electrons. The Morgan fingerprint density at radius 2 is 2.21 bits per heavy atom. The number of carboxylic acid groups (broad SMARTS) is 1. The summed E-state index contributed by atoms with van der Waals surface area (Å²) in [5.41, 5.74) is 1.03. The average Bonchev–Trinajstić information content (AvgIpc) is 2.38. The molecule has 0 spiro atoms. The zero-order valence-electron chi connectivity index (χ0n) is 11.3. The minimum Gasteiger partial charge on any atom is -0.478 e. The van der Waals surface area contributed by atoms with Crippen molar-refractivity contribution in [3.63, 3.8) is 0 Å². The third-order valence-corrected chi connectivity index (χ3v) is 3.39. The number of β-amino-alcohol motifs (C(OH)–C–C–N with tert-alkyl or cyclic N) is 1. The standard InChI is InChI=1S/C14H20N2O3/c1-9(2)12-6-10(14(18)19)7-13(15-12)16-5-3-4-11(17)8-16/h6-7,9,11,17H,3-5,8H2,1-2H3,(H,18,19). The molecular weight excluding hydrogens is 244 g/mol. The number of rotatable bonds is 3. The normalized spacial score (nSPS) is 19.8. The number of aromatic carboxylic acids is 1. The van der Waals surface area contributed by atoms with Crippen molar-refractivity contribution in [3.8, 4) is 0 Å². The molecular formula is C14H20N2O3. The average molecular weight is 264 g/mol. The lowest BCUT2D eigenvalue weighted by Gasteiger charge is -2.31. The van der Waals surface area contributed by atoms with Gasteiger partial charge in [-0.05, 0) is 30.9 Å². The Balaban J connectivity index is 2.35. The Labute approximate surface area is 112 Å². The molecule has 104 valence electrons. The summed E-state index contributed by atoms with van der Waals surface area (Å²) in [6.07, 6.45) is 1.34. The van der Waals surface area contributed by atoms with Crippen molar-refractivity contribution in [3.05, 3.63) is 23.4 Å². The number of aliphatic hydroxyl groups excluding tert-OH is 1. The topological polar surface area (TPSA) is 73.7 Å². The summed E-state index contributed by atoms with van der Waals surface area (Å²) < 4.78 is 0. The Morgan fingerprint density at radius 1 is 1.47 bits per heavy atom. The van der Waals surface area contributed by atoms with E-state index >= 15 is 0 Å². The van der Waals surface area contributed by atoms with Gasteiger partial charge >= 0.3 is 5.97 Å².